The van der Waals surface area contributed by atoms with Gasteiger partial charge in [0.05, 0.1) is 24.8 Å². The molecule has 5 heterocycles. The maximum atomic E-state index is 10.3. The summed E-state index contributed by atoms with van der Waals surface area (Å²) >= 11 is 7.79. The predicted octanol–water partition coefficient (Wildman–Crippen LogP) is 0.143. The molecule has 0 aliphatic carbocycles. The smallest absolute Gasteiger partial charge is 0.166 e. The summed E-state index contributed by atoms with van der Waals surface area (Å²) in [5.74, 6) is 0.503. The van der Waals surface area contributed by atoms with Gasteiger partial charge in [-0.05, 0) is 6.08 Å². The van der Waals surface area contributed by atoms with Crippen LogP contribution in [0.3, 0.4) is 0 Å². The monoisotopic (exact) mass is 452 g/mol. The fourth-order valence-corrected chi connectivity index (χ4v) is 4.74. The first kappa shape index (κ1) is 19.8. The highest BCUT2D eigenvalue weighted by atomic mass is 35.5. The van der Waals surface area contributed by atoms with Crippen molar-refractivity contribution in [1.29, 1.82) is 0 Å². The molecule has 4 atom stereocenters. The van der Waals surface area contributed by atoms with Crippen molar-refractivity contribution in [2.75, 3.05) is 12.4 Å². The van der Waals surface area contributed by atoms with Crippen molar-refractivity contribution in [2.45, 2.75) is 29.6 Å². The minimum atomic E-state index is -1.23. The van der Waals surface area contributed by atoms with Gasteiger partial charge in [-0.1, -0.05) is 23.4 Å². The molecule has 4 unspecified atom stereocenters. The molecule has 4 N–H and O–H groups in total. The van der Waals surface area contributed by atoms with Crippen LogP contribution in [0.4, 0.5) is 0 Å². The Morgan fingerprint density at radius 2 is 2.10 bits per heavy atom. The summed E-state index contributed by atoms with van der Waals surface area (Å²) in [6.07, 6.45) is 3.80. The van der Waals surface area contributed by atoms with Gasteiger partial charge in [0.25, 0.3) is 0 Å². The number of halogens is 1. The van der Waals surface area contributed by atoms with E-state index in [0.29, 0.717) is 27.0 Å². The van der Waals surface area contributed by atoms with Crippen LogP contribution in [0.15, 0.2) is 52.5 Å². The number of hydroxylamine groups is 3. The largest absolute Gasteiger partial charge is 0.394 e. The maximum absolute atomic E-state index is 10.3. The van der Waals surface area contributed by atoms with Crippen LogP contribution in [0.1, 0.15) is 6.23 Å². The molecule has 0 radical (unpaired) electrons. The number of fused-ring (bicyclic) bond motifs is 2. The van der Waals surface area contributed by atoms with E-state index in [4.69, 9.17) is 21.3 Å². The Balaban J connectivity index is 1.41. The Morgan fingerprint density at radius 1 is 1.23 bits per heavy atom. The third kappa shape index (κ3) is 3.17. The molecule has 11 nitrogen and oxygen atoms in total. The van der Waals surface area contributed by atoms with Gasteiger partial charge in [0.15, 0.2) is 11.9 Å². The summed E-state index contributed by atoms with van der Waals surface area (Å²) in [5, 5.41) is 32.4. The van der Waals surface area contributed by atoms with Crippen molar-refractivity contribution in [1.82, 2.24) is 30.1 Å². The second-order valence-electron chi connectivity index (χ2n) is 6.73. The second-order valence-corrected chi connectivity index (χ2v) is 8.10. The lowest BCUT2D eigenvalue weighted by Crippen LogP contribution is -2.33. The third-order valence-electron chi connectivity index (χ3n) is 5.01. The Morgan fingerprint density at radius 3 is 2.90 bits per heavy atom. The number of nitrogens with zero attached hydrogens (tertiary/aromatic N) is 5. The highest BCUT2D eigenvalue weighted by molar-refractivity contribution is 7.99. The molecule has 0 amide bonds. The van der Waals surface area contributed by atoms with Crippen molar-refractivity contribution in [3.8, 4) is 0 Å². The average Bonchev–Trinajstić information content (AvgIpc) is 3.46. The van der Waals surface area contributed by atoms with Crippen LogP contribution >= 0.6 is 23.4 Å². The number of nitrogens with one attached hydrogen (secondary N) is 1. The molecule has 0 spiro atoms. The molecule has 158 valence electrons. The van der Waals surface area contributed by atoms with Crippen LogP contribution in [0.2, 0.25) is 0 Å². The zero-order chi connectivity index (χ0) is 20.8. The molecule has 1 fully saturated rings. The molecule has 0 bridgehead atoms. The number of imidazole rings is 1. The van der Waals surface area contributed by atoms with Crippen LogP contribution in [0, 0.1) is 0 Å². The Kier molecular flexibility index (Phi) is 5.14. The lowest BCUT2D eigenvalue weighted by Gasteiger charge is -2.21. The van der Waals surface area contributed by atoms with Crippen molar-refractivity contribution < 1.29 is 25.0 Å². The van der Waals surface area contributed by atoms with E-state index in [9.17, 15) is 15.3 Å². The van der Waals surface area contributed by atoms with Crippen LogP contribution in [0.25, 0.3) is 11.2 Å². The zero-order valence-electron chi connectivity index (χ0n) is 15.3. The lowest BCUT2D eigenvalue weighted by atomic mass is 10.1. The average molecular weight is 453 g/mol. The number of aliphatic hydroxyl groups is 3. The highest BCUT2D eigenvalue weighted by Gasteiger charge is 2.44. The van der Waals surface area contributed by atoms with Crippen LogP contribution < -0.4 is 5.48 Å². The molecule has 1 saturated heterocycles. The van der Waals surface area contributed by atoms with Gasteiger partial charge in [0.2, 0.25) is 0 Å². The summed E-state index contributed by atoms with van der Waals surface area (Å²) in [4.78, 5) is 18.2. The quantitative estimate of drug-likeness (QED) is 0.364. The first-order valence-electron chi connectivity index (χ1n) is 9.00. The number of hydrogen-bond donors (Lipinski definition) is 4. The molecule has 3 aliphatic heterocycles. The first-order valence-corrected chi connectivity index (χ1v) is 10.4. The van der Waals surface area contributed by atoms with Gasteiger partial charge in [-0.25, -0.2) is 25.5 Å². The third-order valence-corrected chi connectivity index (χ3v) is 6.37. The summed E-state index contributed by atoms with van der Waals surface area (Å²) in [6.45, 7) is -0.410. The van der Waals surface area contributed by atoms with Gasteiger partial charge in [0.1, 0.15) is 35.2 Å². The van der Waals surface area contributed by atoms with Crippen LogP contribution in [-0.2, 0) is 9.68 Å². The molecule has 5 rings (SSSR count). The molecule has 30 heavy (non-hydrogen) atoms. The number of aliphatic hydroxyl groups excluding tert-OH is 3. The SMILES string of the molecule is OCC1OC(n2cnc3c(SCC4=C(Cl)C=CN5ONC=C45)ncnc32)C(O)C1O. The maximum Gasteiger partial charge on any atom is 0.166 e. The van der Waals surface area contributed by atoms with Gasteiger partial charge in [-0.3, -0.25) is 4.57 Å². The first-order chi connectivity index (χ1) is 14.6. The Hall–Kier alpha value is -2.19. The van der Waals surface area contributed by atoms with Crippen LogP contribution in [0.5, 0.6) is 0 Å². The van der Waals surface area contributed by atoms with E-state index in [-0.39, 0.29) is 0 Å². The molecular formula is C17H17ClN6O5S. The summed E-state index contributed by atoms with van der Waals surface area (Å²) in [7, 11) is 0. The van der Waals surface area contributed by atoms with E-state index in [1.54, 1.807) is 23.5 Å². The second kappa shape index (κ2) is 7.81. The minimum absolute atomic E-state index is 0.410. The molecule has 0 aromatic carbocycles. The summed E-state index contributed by atoms with van der Waals surface area (Å²) in [6, 6.07) is 0. The van der Waals surface area contributed by atoms with Crippen molar-refractivity contribution in [3.05, 3.63) is 47.4 Å². The molecular weight excluding hydrogens is 436 g/mol. The van der Waals surface area contributed by atoms with E-state index in [0.717, 1.165) is 11.3 Å². The van der Waals surface area contributed by atoms with Crippen molar-refractivity contribution >= 4 is 34.5 Å². The molecule has 2 aromatic heterocycles. The van der Waals surface area contributed by atoms with E-state index in [2.05, 4.69) is 20.4 Å². The van der Waals surface area contributed by atoms with E-state index < -0.39 is 31.1 Å². The van der Waals surface area contributed by atoms with E-state index >= 15 is 0 Å². The summed E-state index contributed by atoms with van der Waals surface area (Å²) in [5.41, 5.74) is 5.32. The topological polar surface area (TPSA) is 138 Å². The molecule has 2 aromatic rings. The predicted molar refractivity (Wildman–Crippen MR) is 105 cm³/mol. The van der Waals surface area contributed by atoms with Crippen molar-refractivity contribution in [2.24, 2.45) is 0 Å². The molecule has 3 aliphatic rings. The number of thioether (sulfide) groups is 1. The number of hydrogen-bond acceptors (Lipinski definition) is 11. The highest BCUT2D eigenvalue weighted by Crippen LogP contribution is 2.36. The normalized spacial score (nSPS) is 28.3. The van der Waals surface area contributed by atoms with Gasteiger partial charge in [-0.2, -0.15) is 4.94 Å². The van der Waals surface area contributed by atoms with Gasteiger partial charge >= 0.3 is 0 Å². The van der Waals surface area contributed by atoms with Crippen molar-refractivity contribution in [3.63, 3.8) is 0 Å². The molecule has 13 heteroatoms. The Bertz CT molecular complexity index is 1070. The van der Waals surface area contributed by atoms with Gasteiger partial charge in [0, 0.05) is 22.6 Å². The standard InChI is InChI=1S/C17H17ClN6O5S/c18-9-1-2-24-10(3-22-29-24)8(9)5-30-16-12-15(19-6-20-16)23(7-21-12)17-14(27)13(26)11(4-25)28-17/h1-3,6-7,11,13-14,17,22,25-27H,4-5H2. The van der Waals surface area contributed by atoms with Gasteiger partial charge < -0.3 is 20.1 Å². The van der Waals surface area contributed by atoms with E-state index in [1.807, 2.05) is 0 Å². The number of ether oxygens (including phenoxy) is 1. The number of allylic oxidation sites excluding steroid dienone is 3. The number of rotatable bonds is 5. The number of aromatic nitrogens is 4. The minimum Gasteiger partial charge on any atom is -0.394 e. The van der Waals surface area contributed by atoms with E-state index in [1.165, 1.54) is 29.0 Å². The van der Waals surface area contributed by atoms with Crippen LogP contribution in [-0.4, -0.2) is 70.6 Å². The Labute approximate surface area is 179 Å². The molecule has 0 saturated carbocycles. The fourth-order valence-electron chi connectivity index (χ4n) is 3.45. The summed E-state index contributed by atoms with van der Waals surface area (Å²) < 4.78 is 7.11. The zero-order valence-corrected chi connectivity index (χ0v) is 16.9. The fraction of sp³-hybridized carbons (Fsp3) is 0.353. The lowest BCUT2D eigenvalue weighted by molar-refractivity contribution is -0.113. The van der Waals surface area contributed by atoms with Gasteiger partial charge in [-0.15, -0.1) is 0 Å².